The molecule has 0 bridgehead atoms. The Morgan fingerprint density at radius 3 is 2.68 bits per heavy atom. The maximum atomic E-state index is 13.1. The molecule has 1 amide bonds. The number of unbranched alkanes of at least 4 members (excludes halogenated alkanes) is 3. The number of benzene rings is 2. The van der Waals surface area contributed by atoms with E-state index in [0.717, 1.165) is 73.6 Å². The van der Waals surface area contributed by atoms with Crippen molar-refractivity contribution in [3.8, 4) is 11.5 Å². The Labute approximate surface area is 381 Å². The predicted molar refractivity (Wildman–Crippen MR) is 243 cm³/mol. The molecular formula is C43H58N10O11PS+. The number of hydrogen-bond donors (Lipinski definition) is 6. The summed E-state index contributed by atoms with van der Waals surface area (Å²) in [7, 11) is -8.61. The van der Waals surface area contributed by atoms with Crippen LogP contribution < -0.4 is 41.3 Å². The number of nitrogens with zero attached hydrogens (tertiary/aromatic N) is 7. The lowest BCUT2D eigenvalue weighted by atomic mass is 9.79. The number of nitrogens with two attached hydrogens (primary N) is 1. The van der Waals surface area contributed by atoms with E-state index in [9.17, 15) is 32.3 Å². The van der Waals surface area contributed by atoms with Gasteiger partial charge in [0.1, 0.15) is 48.8 Å². The number of aliphatic hydroxyl groups excluding tert-OH is 1. The molecule has 4 aromatic rings. The minimum Gasteiger partial charge on any atom is -0.452 e. The summed E-state index contributed by atoms with van der Waals surface area (Å²) >= 11 is 0. The van der Waals surface area contributed by atoms with Crippen LogP contribution in [0.15, 0.2) is 35.6 Å². The molecule has 9 rings (SSSR count). The van der Waals surface area contributed by atoms with Crippen molar-refractivity contribution in [3.05, 3.63) is 52.4 Å². The molecular weight excluding hydrogens is 896 g/mol. The van der Waals surface area contributed by atoms with E-state index in [1.54, 1.807) is 4.57 Å². The summed E-state index contributed by atoms with van der Waals surface area (Å²) in [6.45, 7) is 9.47. The maximum absolute atomic E-state index is 13.1. The Morgan fingerprint density at radius 2 is 1.89 bits per heavy atom. The van der Waals surface area contributed by atoms with Crippen molar-refractivity contribution in [3.63, 3.8) is 0 Å². The second-order valence-electron chi connectivity index (χ2n) is 18.3. The molecule has 2 fully saturated rings. The van der Waals surface area contributed by atoms with Gasteiger partial charge in [-0.3, -0.25) is 23.0 Å². The maximum Gasteiger partial charge on any atom is 0.472 e. The van der Waals surface area contributed by atoms with Crippen molar-refractivity contribution in [1.29, 1.82) is 0 Å². The lowest BCUT2D eigenvalue weighted by molar-refractivity contribution is -0.121. The van der Waals surface area contributed by atoms with Gasteiger partial charge in [-0.05, 0) is 70.6 Å². The van der Waals surface area contributed by atoms with Gasteiger partial charge in [-0.2, -0.15) is 8.42 Å². The minimum atomic E-state index is -4.33. The molecule has 5 aliphatic heterocycles. The third-order valence-electron chi connectivity index (χ3n) is 13.2. The molecule has 7 heterocycles. The van der Waals surface area contributed by atoms with Crippen LogP contribution in [0.25, 0.3) is 11.2 Å². The van der Waals surface area contributed by atoms with Crippen molar-refractivity contribution < 1.29 is 50.9 Å². The second kappa shape index (κ2) is 18.4. The van der Waals surface area contributed by atoms with Gasteiger partial charge >= 0.3 is 7.82 Å². The Morgan fingerprint density at radius 1 is 1.09 bits per heavy atom. The Bertz CT molecular complexity index is 2830. The number of fused-ring (bicyclic) bond motifs is 6. The highest BCUT2D eigenvalue weighted by atomic mass is 32.2. The molecule has 2 aromatic carbocycles. The molecule has 0 aliphatic carbocycles. The van der Waals surface area contributed by atoms with E-state index in [2.05, 4.69) is 68.0 Å². The monoisotopic (exact) mass is 953 g/mol. The van der Waals surface area contributed by atoms with E-state index in [1.165, 1.54) is 11.9 Å². The van der Waals surface area contributed by atoms with Crippen molar-refractivity contribution in [1.82, 2.24) is 29.4 Å². The highest BCUT2D eigenvalue weighted by molar-refractivity contribution is 7.85. The molecule has 5 aliphatic rings. The number of hydrogen-bond acceptors (Lipinski definition) is 16. The Balaban J connectivity index is 0.778. The number of phosphoric ester groups is 1. The van der Waals surface area contributed by atoms with Crippen molar-refractivity contribution in [2.24, 2.45) is 4.99 Å². The molecule has 23 heteroatoms. The first-order chi connectivity index (χ1) is 31.5. The van der Waals surface area contributed by atoms with Crippen LogP contribution in [-0.4, -0.2) is 117 Å². The first-order valence-corrected chi connectivity index (χ1v) is 25.8. The van der Waals surface area contributed by atoms with E-state index in [4.69, 9.17) is 29.2 Å². The topological polar surface area (TPSA) is 278 Å². The Hall–Kier alpha value is -4.80. The third kappa shape index (κ3) is 9.51. The number of nitrogens with one attached hydrogen (secondary N) is 2. The molecule has 0 spiro atoms. The van der Waals surface area contributed by atoms with Gasteiger partial charge in [-0.25, -0.2) is 29.1 Å². The number of nitrogen functional groups attached to an aromatic ring is 1. The fourth-order valence-electron chi connectivity index (χ4n) is 10.1. The van der Waals surface area contributed by atoms with E-state index < -0.39 is 59.7 Å². The number of aromatic nitrogens is 4. The standard InChI is InChI=1S/C43H57N10O11PS/c1-4-51-15-9-11-25-17-28-32(19-30(25)51)62-33-20-31-27(18-29(33)49-28)26(23-66(58,59)60)21-43(2,3)52(31)16-10-12-35(54)45-13-7-5-6-8-14-46-42-50-36-39(44)47-24-48-40(36)53(42)41-37(55)38-34(63-41)22-61-65(56,57)64-38/h17-20,24,26,34,37-38,41,44,49,55H,4-16,21-23H2,1-3H3,(H3,45,54,56,57,58,59,60)/p+1/t26?,34-,37-,38-,41-/m1/s1. The molecule has 6 atom stereocenters. The lowest BCUT2D eigenvalue weighted by Gasteiger charge is -2.48. The first kappa shape index (κ1) is 46.3. The predicted octanol–water partition coefficient (Wildman–Crippen LogP) is 3.23. The van der Waals surface area contributed by atoms with Gasteiger partial charge in [0.2, 0.25) is 17.2 Å². The van der Waals surface area contributed by atoms with Crippen LogP contribution in [-0.2, 0) is 39.7 Å². The third-order valence-corrected chi connectivity index (χ3v) is 15.0. The number of phosphoric acid groups is 1. The summed E-state index contributed by atoms with van der Waals surface area (Å²) < 4.78 is 73.0. The molecule has 0 radical (unpaired) electrons. The molecule has 2 unspecified atom stereocenters. The van der Waals surface area contributed by atoms with Gasteiger partial charge < -0.3 is 40.7 Å². The summed E-state index contributed by atoms with van der Waals surface area (Å²) in [6.07, 6.45) is 3.59. The fraction of sp³-hybridized carbons (Fsp3) is 0.581. The summed E-state index contributed by atoms with van der Waals surface area (Å²) in [5, 5.41) is 19.3. The van der Waals surface area contributed by atoms with Gasteiger partial charge in [0.05, 0.1) is 18.4 Å². The summed E-state index contributed by atoms with van der Waals surface area (Å²) in [5.74, 6) is 0.784. The average Bonchev–Trinajstić information content (AvgIpc) is 3.78. The van der Waals surface area contributed by atoms with E-state index >= 15 is 0 Å². The summed E-state index contributed by atoms with van der Waals surface area (Å²) in [4.78, 5) is 43.0. The summed E-state index contributed by atoms with van der Waals surface area (Å²) in [6, 6.07) is 8.01. The molecule has 356 valence electrons. The zero-order chi connectivity index (χ0) is 46.5. The molecule has 2 saturated heterocycles. The molecule has 21 nitrogen and oxygen atoms in total. The number of aryl methyl sites for hydroxylation is 1. The quantitative estimate of drug-likeness (QED) is 0.0358. The van der Waals surface area contributed by atoms with Crippen molar-refractivity contribution >= 4 is 58.2 Å². The highest BCUT2D eigenvalue weighted by Crippen LogP contribution is 2.53. The largest absolute Gasteiger partial charge is 0.472 e. The van der Waals surface area contributed by atoms with Crippen LogP contribution >= 0.6 is 7.82 Å². The highest BCUT2D eigenvalue weighted by Gasteiger charge is 2.53. The van der Waals surface area contributed by atoms with Crippen LogP contribution in [0.2, 0.25) is 0 Å². The number of carbonyl (C=O) groups is 1. The number of rotatable bonds is 16. The lowest BCUT2D eigenvalue weighted by Crippen LogP contribution is -2.50. The molecule has 7 N–H and O–H groups in total. The van der Waals surface area contributed by atoms with E-state index in [-0.39, 0.29) is 18.3 Å². The van der Waals surface area contributed by atoms with Crippen LogP contribution in [0, 0.1) is 0 Å². The zero-order valence-electron chi connectivity index (χ0n) is 37.3. The number of ether oxygens (including phenoxy) is 2. The average molecular weight is 954 g/mol. The Kier molecular flexibility index (Phi) is 12.9. The van der Waals surface area contributed by atoms with Gasteiger partial charge in [0, 0.05) is 61.2 Å². The molecule has 66 heavy (non-hydrogen) atoms. The van der Waals surface area contributed by atoms with Crippen LogP contribution in [0.3, 0.4) is 0 Å². The van der Waals surface area contributed by atoms with Crippen LogP contribution in [0.4, 0.5) is 23.1 Å². The fourth-order valence-corrected chi connectivity index (χ4v) is 11.8. The zero-order valence-corrected chi connectivity index (χ0v) is 39.0. The molecule has 0 saturated carbocycles. The minimum absolute atomic E-state index is 0.0548. The van der Waals surface area contributed by atoms with Crippen LogP contribution in [0.1, 0.15) is 95.4 Å². The van der Waals surface area contributed by atoms with Crippen molar-refractivity contribution in [2.45, 2.75) is 115 Å². The van der Waals surface area contributed by atoms with Gasteiger partial charge in [-0.1, -0.05) is 12.8 Å². The number of aliphatic hydroxyl groups is 1. The van der Waals surface area contributed by atoms with E-state index in [1.807, 2.05) is 12.1 Å². The first-order valence-electron chi connectivity index (χ1n) is 22.7. The second-order valence-corrected chi connectivity index (χ2v) is 21.2. The number of carbonyl (C=O) groups excluding carboxylic acids is 1. The van der Waals surface area contributed by atoms with Crippen LogP contribution in [0.5, 0.6) is 11.5 Å². The SMILES string of the molecule is CC[N+]1=c2cc3c(cc2CCC1)=Nc1cc2c(cc1O3)N(CCCC(=O)NCCCCCCNc1nc3c(N)ncnc3n1[C@@H]1O[C@@H]3COP(=O)(O)O[C@H]3[C@H]1O)C(C)(C)CC2CS(=O)(=O)O. The smallest absolute Gasteiger partial charge is 0.452 e. The normalized spacial score (nSPS) is 25.2. The number of amides is 1. The molecule has 2 aromatic heterocycles. The number of anilines is 3. The van der Waals surface area contributed by atoms with E-state index in [0.29, 0.717) is 73.2 Å². The van der Waals surface area contributed by atoms with Gasteiger partial charge in [0.15, 0.2) is 34.7 Å². The van der Waals surface area contributed by atoms with Crippen molar-refractivity contribution in [2.75, 3.05) is 61.0 Å². The van der Waals surface area contributed by atoms with Gasteiger partial charge in [-0.15, -0.1) is 0 Å². The van der Waals surface area contributed by atoms with Gasteiger partial charge in [0.25, 0.3) is 10.1 Å². The number of imidazole rings is 1. The summed E-state index contributed by atoms with van der Waals surface area (Å²) in [5.41, 5.74) is 9.64.